The number of rotatable bonds is 3. The summed E-state index contributed by atoms with van der Waals surface area (Å²) in [4.78, 5) is 24.6. The highest BCUT2D eigenvalue weighted by Gasteiger charge is 2.15. The molecule has 3 aromatic rings. The van der Waals surface area contributed by atoms with Crippen LogP contribution in [0.25, 0.3) is 10.8 Å². The van der Waals surface area contributed by atoms with E-state index in [1.807, 2.05) is 24.3 Å². The molecule has 0 saturated carbocycles. The third-order valence-electron chi connectivity index (χ3n) is 3.76. The summed E-state index contributed by atoms with van der Waals surface area (Å²) in [5.41, 5.74) is 3.97. The van der Waals surface area contributed by atoms with E-state index >= 15 is 0 Å². The van der Waals surface area contributed by atoms with Crippen LogP contribution in [0.5, 0.6) is 0 Å². The van der Waals surface area contributed by atoms with Gasteiger partial charge in [0.1, 0.15) is 0 Å². The molecule has 0 aliphatic carbocycles. The number of fused-ring (bicyclic) bond motifs is 1. The topological polar surface area (TPSA) is 76.3 Å². The van der Waals surface area contributed by atoms with E-state index in [0.29, 0.717) is 16.5 Å². The zero-order chi connectivity index (χ0) is 18.0. The summed E-state index contributed by atoms with van der Waals surface area (Å²) in [5.74, 6) is -0.469. The highest BCUT2D eigenvalue weighted by Crippen LogP contribution is 2.13. The summed E-state index contributed by atoms with van der Waals surface area (Å²) in [7, 11) is 1.52. The summed E-state index contributed by atoms with van der Waals surface area (Å²) >= 11 is 3.38. The van der Waals surface area contributed by atoms with Crippen LogP contribution >= 0.6 is 15.9 Å². The van der Waals surface area contributed by atoms with E-state index in [9.17, 15) is 9.59 Å². The van der Waals surface area contributed by atoms with Crippen molar-refractivity contribution in [2.45, 2.75) is 6.92 Å². The van der Waals surface area contributed by atoms with E-state index in [1.54, 1.807) is 31.2 Å². The Morgan fingerprint density at radius 1 is 1.12 bits per heavy atom. The van der Waals surface area contributed by atoms with Gasteiger partial charge in [-0.25, -0.2) is 10.1 Å². The number of aryl methyl sites for hydroxylation is 1. The molecule has 0 saturated heterocycles. The van der Waals surface area contributed by atoms with Crippen LogP contribution < -0.4 is 11.0 Å². The number of hydrogen-bond acceptors (Lipinski definition) is 4. The molecule has 126 valence electrons. The summed E-state index contributed by atoms with van der Waals surface area (Å²) in [6.45, 7) is 1.80. The number of halogens is 1. The van der Waals surface area contributed by atoms with Crippen molar-refractivity contribution in [2.75, 3.05) is 0 Å². The molecule has 0 spiro atoms. The lowest BCUT2D eigenvalue weighted by atomic mass is 10.1. The first-order valence-corrected chi connectivity index (χ1v) is 8.33. The number of benzene rings is 2. The number of carbonyl (C=O) groups is 1. The minimum Gasteiger partial charge on any atom is -0.267 e. The normalized spacial score (nSPS) is 11.6. The van der Waals surface area contributed by atoms with Crippen LogP contribution in [0.15, 0.2) is 62.9 Å². The second-order valence-corrected chi connectivity index (χ2v) is 6.38. The molecule has 0 fully saturated rings. The van der Waals surface area contributed by atoms with Crippen molar-refractivity contribution in [1.29, 1.82) is 0 Å². The number of amides is 1. The first-order chi connectivity index (χ1) is 12.0. The molecule has 1 heterocycles. The van der Waals surface area contributed by atoms with Gasteiger partial charge in [0.2, 0.25) is 0 Å². The van der Waals surface area contributed by atoms with Crippen molar-refractivity contribution in [3.05, 3.63) is 74.6 Å². The average Bonchev–Trinajstić information content (AvgIpc) is 2.63. The Hall–Kier alpha value is -2.80. The molecule has 3 rings (SSSR count). The molecule has 1 N–H and O–H groups in total. The summed E-state index contributed by atoms with van der Waals surface area (Å²) < 4.78 is 2.12. The minimum absolute atomic E-state index is 0.157. The van der Waals surface area contributed by atoms with E-state index in [-0.39, 0.29) is 11.3 Å². The fourth-order valence-corrected chi connectivity index (χ4v) is 2.67. The molecule has 25 heavy (non-hydrogen) atoms. The Bertz CT molecular complexity index is 1040. The molecule has 1 aromatic heterocycles. The molecule has 0 bridgehead atoms. The molecule has 2 aromatic carbocycles. The molecular weight excluding hydrogens is 384 g/mol. The van der Waals surface area contributed by atoms with Crippen LogP contribution in [-0.2, 0) is 7.05 Å². The predicted octanol–water partition coefficient (Wildman–Crippen LogP) is 2.85. The molecule has 0 aliphatic rings. The van der Waals surface area contributed by atoms with Crippen molar-refractivity contribution in [3.63, 3.8) is 0 Å². The number of hydrogen-bond donors (Lipinski definition) is 1. The summed E-state index contributed by atoms with van der Waals surface area (Å²) in [6, 6.07) is 14.5. The van der Waals surface area contributed by atoms with Crippen molar-refractivity contribution in [2.24, 2.45) is 12.1 Å². The highest BCUT2D eigenvalue weighted by atomic mass is 79.9. The zero-order valence-corrected chi connectivity index (χ0v) is 15.2. The van der Waals surface area contributed by atoms with Gasteiger partial charge >= 0.3 is 0 Å². The predicted molar refractivity (Wildman–Crippen MR) is 101 cm³/mol. The molecule has 0 radical (unpaired) electrons. The van der Waals surface area contributed by atoms with Gasteiger partial charge in [0.05, 0.1) is 11.1 Å². The maximum Gasteiger partial charge on any atom is 0.292 e. The van der Waals surface area contributed by atoms with Gasteiger partial charge in [0, 0.05) is 16.9 Å². The largest absolute Gasteiger partial charge is 0.292 e. The van der Waals surface area contributed by atoms with Crippen LogP contribution in [0, 0.1) is 0 Å². The van der Waals surface area contributed by atoms with Gasteiger partial charge in [0.15, 0.2) is 5.69 Å². The highest BCUT2D eigenvalue weighted by molar-refractivity contribution is 9.10. The number of aromatic nitrogens is 2. The monoisotopic (exact) mass is 398 g/mol. The zero-order valence-electron chi connectivity index (χ0n) is 13.7. The lowest BCUT2D eigenvalue weighted by Gasteiger charge is -2.07. The molecule has 0 atom stereocenters. The second-order valence-electron chi connectivity index (χ2n) is 5.47. The van der Waals surface area contributed by atoms with Crippen molar-refractivity contribution >= 4 is 38.3 Å². The Morgan fingerprint density at radius 3 is 2.44 bits per heavy atom. The van der Waals surface area contributed by atoms with Crippen LogP contribution in [-0.4, -0.2) is 21.4 Å². The molecule has 0 unspecified atom stereocenters. The van der Waals surface area contributed by atoms with E-state index in [0.717, 1.165) is 14.7 Å². The smallest absolute Gasteiger partial charge is 0.267 e. The summed E-state index contributed by atoms with van der Waals surface area (Å²) in [5, 5.41) is 9.16. The van der Waals surface area contributed by atoms with Gasteiger partial charge < -0.3 is 0 Å². The minimum atomic E-state index is -0.469. The van der Waals surface area contributed by atoms with Crippen molar-refractivity contribution in [3.8, 4) is 0 Å². The molecule has 7 heteroatoms. The van der Waals surface area contributed by atoms with Gasteiger partial charge in [-0.3, -0.25) is 9.59 Å². The third kappa shape index (κ3) is 3.51. The first kappa shape index (κ1) is 17.0. The number of carbonyl (C=O) groups excluding carboxylic acids is 1. The van der Waals surface area contributed by atoms with Crippen LogP contribution in [0.4, 0.5) is 0 Å². The first-order valence-electron chi connectivity index (χ1n) is 7.54. The third-order valence-corrected chi connectivity index (χ3v) is 4.29. The fourth-order valence-electron chi connectivity index (χ4n) is 2.41. The van der Waals surface area contributed by atoms with Crippen LogP contribution in [0.2, 0.25) is 0 Å². The Balaban J connectivity index is 1.93. The Morgan fingerprint density at radius 2 is 1.76 bits per heavy atom. The number of nitrogens with zero attached hydrogens (tertiary/aromatic N) is 3. The van der Waals surface area contributed by atoms with Crippen molar-refractivity contribution < 1.29 is 4.79 Å². The second kappa shape index (κ2) is 6.98. The van der Waals surface area contributed by atoms with E-state index in [1.165, 1.54) is 7.05 Å². The lowest BCUT2D eigenvalue weighted by Crippen LogP contribution is -2.27. The Labute approximate surface area is 152 Å². The molecular formula is C18H15BrN4O2. The molecule has 0 aliphatic heterocycles. The summed E-state index contributed by atoms with van der Waals surface area (Å²) in [6.07, 6.45) is 0. The molecule has 1 amide bonds. The van der Waals surface area contributed by atoms with Crippen LogP contribution in [0.1, 0.15) is 23.0 Å². The van der Waals surface area contributed by atoms with Gasteiger partial charge in [-0.05, 0) is 30.7 Å². The standard InChI is InChI=1S/C18H15BrN4O2/c1-11(12-7-9-13(19)10-8-12)20-21-17(24)16-14-5-3-4-6-15(14)18(25)23(2)22-16/h3-10H,1-2H3,(H,21,24)/b20-11+. The lowest BCUT2D eigenvalue weighted by molar-refractivity contribution is 0.0949. The SMILES string of the molecule is C/C(=N\NC(=O)c1nn(C)c(=O)c2ccccc12)c1ccc(Br)cc1. The van der Waals surface area contributed by atoms with E-state index in [4.69, 9.17) is 0 Å². The van der Waals surface area contributed by atoms with Crippen molar-refractivity contribution in [1.82, 2.24) is 15.2 Å². The van der Waals surface area contributed by atoms with Gasteiger partial charge in [-0.2, -0.15) is 10.2 Å². The van der Waals surface area contributed by atoms with Gasteiger partial charge in [0.25, 0.3) is 11.5 Å². The average molecular weight is 399 g/mol. The number of hydrazone groups is 1. The maximum atomic E-state index is 12.5. The fraction of sp³-hybridized carbons (Fsp3) is 0.111. The molecule has 6 nitrogen and oxygen atoms in total. The van der Waals surface area contributed by atoms with E-state index < -0.39 is 5.91 Å². The maximum absolute atomic E-state index is 12.5. The van der Waals surface area contributed by atoms with E-state index in [2.05, 4.69) is 31.6 Å². The van der Waals surface area contributed by atoms with Gasteiger partial charge in [-0.15, -0.1) is 0 Å². The Kier molecular flexibility index (Phi) is 4.76. The van der Waals surface area contributed by atoms with Gasteiger partial charge in [-0.1, -0.05) is 46.3 Å². The number of nitrogens with one attached hydrogen (secondary N) is 1. The van der Waals surface area contributed by atoms with Crippen LogP contribution in [0.3, 0.4) is 0 Å². The quantitative estimate of drug-likeness (QED) is 0.544.